The van der Waals surface area contributed by atoms with Crippen molar-refractivity contribution >= 4 is 17.8 Å². The van der Waals surface area contributed by atoms with Crippen LogP contribution in [0.5, 0.6) is 0 Å². The highest BCUT2D eigenvalue weighted by atomic mass is 16.4. The SMILES string of the molecule is CC(C)N(CC(N)=O)C(=O)c1ccnc(C(=O)O)c1. The van der Waals surface area contributed by atoms with Gasteiger partial charge in [-0.15, -0.1) is 0 Å². The van der Waals surface area contributed by atoms with Crippen molar-refractivity contribution in [2.75, 3.05) is 6.54 Å². The molecule has 0 aliphatic carbocycles. The van der Waals surface area contributed by atoms with Crippen molar-refractivity contribution in [1.82, 2.24) is 9.88 Å². The lowest BCUT2D eigenvalue weighted by molar-refractivity contribution is -0.119. The molecule has 0 aliphatic rings. The summed E-state index contributed by atoms with van der Waals surface area (Å²) in [6.45, 7) is 3.25. The number of nitrogens with two attached hydrogens (primary N) is 1. The minimum Gasteiger partial charge on any atom is -0.477 e. The summed E-state index contributed by atoms with van der Waals surface area (Å²) in [5.41, 5.74) is 5.01. The van der Waals surface area contributed by atoms with Crippen molar-refractivity contribution in [3.8, 4) is 0 Å². The number of carboxylic acid groups (broad SMARTS) is 1. The highest BCUT2D eigenvalue weighted by Gasteiger charge is 2.21. The van der Waals surface area contributed by atoms with E-state index in [4.69, 9.17) is 10.8 Å². The Morgan fingerprint density at radius 1 is 1.42 bits per heavy atom. The van der Waals surface area contributed by atoms with Crippen molar-refractivity contribution in [1.29, 1.82) is 0 Å². The minimum absolute atomic E-state index is 0.155. The van der Waals surface area contributed by atoms with E-state index in [1.54, 1.807) is 13.8 Å². The Hall–Kier alpha value is -2.44. The number of hydrogen-bond acceptors (Lipinski definition) is 4. The molecule has 0 bridgehead atoms. The summed E-state index contributed by atoms with van der Waals surface area (Å²) < 4.78 is 0. The number of hydrogen-bond donors (Lipinski definition) is 2. The number of rotatable bonds is 5. The molecule has 7 nitrogen and oxygen atoms in total. The third-order valence-corrected chi connectivity index (χ3v) is 2.44. The van der Waals surface area contributed by atoms with Gasteiger partial charge < -0.3 is 15.7 Å². The molecule has 0 fully saturated rings. The summed E-state index contributed by atoms with van der Waals surface area (Å²) in [6.07, 6.45) is 1.24. The number of primary amides is 1. The monoisotopic (exact) mass is 265 g/mol. The van der Waals surface area contributed by atoms with E-state index in [2.05, 4.69) is 4.98 Å². The van der Waals surface area contributed by atoms with E-state index >= 15 is 0 Å². The van der Waals surface area contributed by atoms with Crippen molar-refractivity contribution in [2.24, 2.45) is 5.73 Å². The van der Waals surface area contributed by atoms with Gasteiger partial charge in [-0.2, -0.15) is 0 Å². The second-order valence-electron chi connectivity index (χ2n) is 4.23. The zero-order valence-electron chi connectivity index (χ0n) is 10.7. The van der Waals surface area contributed by atoms with Crippen LogP contribution in [0.25, 0.3) is 0 Å². The number of aromatic nitrogens is 1. The van der Waals surface area contributed by atoms with Crippen LogP contribution in [0.1, 0.15) is 34.7 Å². The van der Waals surface area contributed by atoms with E-state index in [9.17, 15) is 14.4 Å². The molecule has 2 amide bonds. The van der Waals surface area contributed by atoms with E-state index in [0.717, 1.165) is 0 Å². The Morgan fingerprint density at radius 2 is 2.05 bits per heavy atom. The number of pyridine rings is 1. The fraction of sp³-hybridized carbons (Fsp3) is 0.333. The summed E-state index contributed by atoms with van der Waals surface area (Å²) >= 11 is 0. The summed E-state index contributed by atoms with van der Waals surface area (Å²) in [4.78, 5) is 38.8. The lowest BCUT2D eigenvalue weighted by Crippen LogP contribution is -2.42. The normalized spacial score (nSPS) is 10.3. The average Bonchev–Trinajstić information content (AvgIpc) is 2.34. The summed E-state index contributed by atoms with van der Waals surface area (Å²) in [6, 6.07) is 2.33. The van der Waals surface area contributed by atoms with Gasteiger partial charge in [0.1, 0.15) is 5.69 Å². The van der Waals surface area contributed by atoms with Gasteiger partial charge in [-0.05, 0) is 26.0 Å². The molecule has 19 heavy (non-hydrogen) atoms. The summed E-state index contributed by atoms with van der Waals surface area (Å²) in [5, 5.41) is 8.82. The third-order valence-electron chi connectivity index (χ3n) is 2.44. The van der Waals surface area contributed by atoms with Gasteiger partial charge in [0.15, 0.2) is 0 Å². The van der Waals surface area contributed by atoms with Crippen LogP contribution in [0, 0.1) is 0 Å². The third kappa shape index (κ3) is 3.77. The molecule has 0 saturated heterocycles. The van der Waals surface area contributed by atoms with Gasteiger partial charge >= 0.3 is 5.97 Å². The van der Waals surface area contributed by atoms with Gasteiger partial charge in [-0.25, -0.2) is 9.78 Å². The van der Waals surface area contributed by atoms with Crippen molar-refractivity contribution in [3.05, 3.63) is 29.6 Å². The molecule has 1 heterocycles. The first kappa shape index (κ1) is 14.6. The van der Waals surface area contributed by atoms with Gasteiger partial charge in [-0.3, -0.25) is 9.59 Å². The molecule has 102 valence electrons. The molecule has 7 heteroatoms. The molecule has 0 aromatic carbocycles. The van der Waals surface area contributed by atoms with Crippen molar-refractivity contribution < 1.29 is 19.5 Å². The van der Waals surface area contributed by atoms with Gasteiger partial charge in [0.25, 0.3) is 5.91 Å². The van der Waals surface area contributed by atoms with Crippen LogP contribution in [-0.4, -0.2) is 45.4 Å². The first-order chi connectivity index (χ1) is 8.82. The Balaban J connectivity index is 3.05. The number of aromatic carboxylic acids is 1. The highest BCUT2D eigenvalue weighted by Crippen LogP contribution is 2.09. The molecule has 0 aliphatic heterocycles. The van der Waals surface area contributed by atoms with E-state index in [1.165, 1.54) is 23.2 Å². The van der Waals surface area contributed by atoms with Crippen LogP contribution < -0.4 is 5.73 Å². The fourth-order valence-electron chi connectivity index (χ4n) is 1.50. The highest BCUT2D eigenvalue weighted by molar-refractivity contribution is 5.98. The van der Waals surface area contributed by atoms with Crippen LogP contribution >= 0.6 is 0 Å². The molecule has 1 aromatic rings. The number of carbonyl (C=O) groups is 3. The smallest absolute Gasteiger partial charge is 0.354 e. The predicted octanol–water partition coefficient (Wildman–Crippen LogP) is 0.116. The topological polar surface area (TPSA) is 114 Å². The van der Waals surface area contributed by atoms with Crippen LogP contribution in [0.15, 0.2) is 18.3 Å². The quantitative estimate of drug-likeness (QED) is 0.784. The lowest BCUT2D eigenvalue weighted by atomic mass is 10.1. The second kappa shape index (κ2) is 5.94. The van der Waals surface area contributed by atoms with E-state index in [-0.39, 0.29) is 23.8 Å². The average molecular weight is 265 g/mol. The molecule has 1 rings (SSSR count). The maximum absolute atomic E-state index is 12.2. The number of carboxylic acids is 1. The second-order valence-corrected chi connectivity index (χ2v) is 4.23. The molecule has 1 aromatic heterocycles. The number of nitrogens with zero attached hydrogens (tertiary/aromatic N) is 2. The lowest BCUT2D eigenvalue weighted by Gasteiger charge is -2.25. The molecule has 3 N–H and O–H groups in total. The Kier molecular flexibility index (Phi) is 4.57. The van der Waals surface area contributed by atoms with Gasteiger partial charge in [0.05, 0.1) is 6.54 Å². The molecule has 0 radical (unpaired) electrons. The van der Waals surface area contributed by atoms with Gasteiger partial charge in [-0.1, -0.05) is 0 Å². The van der Waals surface area contributed by atoms with Crippen molar-refractivity contribution in [2.45, 2.75) is 19.9 Å². The van der Waals surface area contributed by atoms with Gasteiger partial charge in [0.2, 0.25) is 5.91 Å². The molecule has 0 spiro atoms. The molecular weight excluding hydrogens is 250 g/mol. The summed E-state index contributed by atoms with van der Waals surface area (Å²) in [5.74, 6) is -2.31. The Labute approximate surface area is 110 Å². The van der Waals surface area contributed by atoms with E-state index in [1.807, 2.05) is 0 Å². The van der Waals surface area contributed by atoms with Crippen LogP contribution in [0.2, 0.25) is 0 Å². The summed E-state index contributed by atoms with van der Waals surface area (Å²) in [7, 11) is 0. The fourth-order valence-corrected chi connectivity index (χ4v) is 1.50. The maximum atomic E-state index is 12.2. The van der Waals surface area contributed by atoms with Crippen LogP contribution in [0.4, 0.5) is 0 Å². The molecule has 0 unspecified atom stereocenters. The number of amides is 2. The molecule has 0 atom stereocenters. The van der Waals surface area contributed by atoms with Gasteiger partial charge in [0, 0.05) is 17.8 Å². The Morgan fingerprint density at radius 3 is 2.53 bits per heavy atom. The number of carbonyl (C=O) groups excluding carboxylic acids is 2. The van der Waals surface area contributed by atoms with E-state index < -0.39 is 17.8 Å². The van der Waals surface area contributed by atoms with Crippen LogP contribution in [-0.2, 0) is 4.79 Å². The zero-order chi connectivity index (χ0) is 14.6. The molecular formula is C12H15N3O4. The minimum atomic E-state index is -1.22. The zero-order valence-corrected chi connectivity index (χ0v) is 10.7. The maximum Gasteiger partial charge on any atom is 0.354 e. The standard InChI is InChI=1S/C12H15N3O4/c1-7(2)15(6-10(13)16)11(17)8-3-4-14-9(5-8)12(18)19/h3-5,7H,6H2,1-2H3,(H2,13,16)(H,18,19). The first-order valence-electron chi connectivity index (χ1n) is 5.61. The largest absolute Gasteiger partial charge is 0.477 e. The Bertz CT molecular complexity index is 513. The van der Waals surface area contributed by atoms with Crippen molar-refractivity contribution in [3.63, 3.8) is 0 Å². The first-order valence-corrected chi connectivity index (χ1v) is 5.61. The molecule has 0 saturated carbocycles. The van der Waals surface area contributed by atoms with Crippen LogP contribution in [0.3, 0.4) is 0 Å². The predicted molar refractivity (Wildman–Crippen MR) is 66.6 cm³/mol. The van der Waals surface area contributed by atoms with E-state index in [0.29, 0.717) is 0 Å².